The van der Waals surface area contributed by atoms with Crippen molar-refractivity contribution in [1.29, 1.82) is 0 Å². The summed E-state index contributed by atoms with van der Waals surface area (Å²) in [5.41, 5.74) is -0.474. The van der Waals surface area contributed by atoms with Crippen LogP contribution in [0.1, 0.15) is 47.0 Å². The van der Waals surface area contributed by atoms with Crippen LogP contribution in [0.4, 0.5) is 4.79 Å². The smallest absolute Gasteiger partial charge is 0.407 e. The molecule has 1 saturated carbocycles. The lowest BCUT2D eigenvalue weighted by atomic mass is 10.2. The minimum absolute atomic E-state index is 0.0487. The van der Waals surface area contributed by atoms with Gasteiger partial charge in [-0.25, -0.2) is 4.79 Å². The molecule has 0 bridgehead atoms. The third-order valence-corrected chi connectivity index (χ3v) is 2.79. The quantitative estimate of drug-likeness (QED) is 0.613. The van der Waals surface area contributed by atoms with Crippen LogP contribution >= 0.6 is 0 Å². The molecule has 6 heteroatoms. The van der Waals surface area contributed by atoms with Crippen molar-refractivity contribution in [2.75, 3.05) is 13.1 Å². The van der Waals surface area contributed by atoms with Crippen LogP contribution in [0.25, 0.3) is 0 Å². The average Bonchev–Trinajstić information content (AvgIpc) is 3.09. The van der Waals surface area contributed by atoms with E-state index in [-0.39, 0.29) is 11.9 Å². The fourth-order valence-electron chi connectivity index (χ4n) is 1.56. The molecule has 2 amide bonds. The van der Waals surface area contributed by atoms with Gasteiger partial charge >= 0.3 is 6.09 Å². The first-order chi connectivity index (χ1) is 9.28. The lowest BCUT2D eigenvalue weighted by molar-refractivity contribution is -0.122. The minimum Gasteiger partial charge on any atom is -0.444 e. The molecule has 0 saturated heterocycles. The fraction of sp³-hybridized carbons (Fsp3) is 0.857. The molecule has 1 atom stereocenters. The topological polar surface area (TPSA) is 79.5 Å². The van der Waals surface area contributed by atoms with Gasteiger partial charge in [0.2, 0.25) is 5.91 Å². The van der Waals surface area contributed by atoms with Gasteiger partial charge in [-0.05, 0) is 53.5 Å². The molecule has 1 aliphatic rings. The number of nitrogens with one attached hydrogen (secondary N) is 3. The summed E-state index contributed by atoms with van der Waals surface area (Å²) in [4.78, 5) is 23.0. The van der Waals surface area contributed by atoms with Crippen LogP contribution < -0.4 is 16.0 Å². The molecule has 20 heavy (non-hydrogen) atoms. The highest BCUT2D eigenvalue weighted by molar-refractivity contribution is 5.81. The summed E-state index contributed by atoms with van der Waals surface area (Å²) in [5.74, 6) is 0.0487. The number of alkyl carbamates (subject to hydrolysis) is 1. The Morgan fingerprint density at radius 1 is 1.25 bits per heavy atom. The summed E-state index contributed by atoms with van der Waals surface area (Å²) in [6, 6.07) is 0.192. The van der Waals surface area contributed by atoms with Crippen LogP contribution in [0.15, 0.2) is 0 Å². The summed E-state index contributed by atoms with van der Waals surface area (Å²) in [7, 11) is 0. The predicted molar refractivity (Wildman–Crippen MR) is 77.5 cm³/mol. The molecule has 0 radical (unpaired) electrons. The second-order valence-corrected chi connectivity index (χ2v) is 6.24. The van der Waals surface area contributed by atoms with E-state index in [9.17, 15) is 9.59 Å². The Bertz CT molecular complexity index is 335. The maximum atomic E-state index is 11.7. The van der Waals surface area contributed by atoms with Gasteiger partial charge in [-0.3, -0.25) is 4.79 Å². The summed E-state index contributed by atoms with van der Waals surface area (Å²) < 4.78 is 5.12. The molecule has 6 nitrogen and oxygen atoms in total. The van der Waals surface area contributed by atoms with Crippen LogP contribution in [0.2, 0.25) is 0 Å². The molecule has 0 aromatic carbocycles. The van der Waals surface area contributed by atoms with Gasteiger partial charge in [-0.15, -0.1) is 0 Å². The third kappa shape index (κ3) is 7.99. The average molecular weight is 285 g/mol. The van der Waals surface area contributed by atoms with Crippen molar-refractivity contribution < 1.29 is 14.3 Å². The van der Waals surface area contributed by atoms with Gasteiger partial charge < -0.3 is 20.7 Å². The van der Waals surface area contributed by atoms with Gasteiger partial charge in [-0.1, -0.05) is 0 Å². The van der Waals surface area contributed by atoms with Crippen molar-refractivity contribution in [2.45, 2.75) is 64.6 Å². The molecule has 3 N–H and O–H groups in total. The zero-order chi connectivity index (χ0) is 15.2. The van der Waals surface area contributed by atoms with Gasteiger partial charge in [0.25, 0.3) is 0 Å². The Balaban J connectivity index is 2.00. The number of carbonyl (C=O) groups is 2. The summed E-state index contributed by atoms with van der Waals surface area (Å²) in [6.45, 7) is 8.53. The van der Waals surface area contributed by atoms with E-state index in [0.29, 0.717) is 19.1 Å². The normalized spacial score (nSPS) is 16.4. The second-order valence-electron chi connectivity index (χ2n) is 6.24. The molecular formula is C14H27N3O3. The summed E-state index contributed by atoms with van der Waals surface area (Å²) in [5, 5.41) is 8.76. The number of hydrogen-bond donors (Lipinski definition) is 3. The predicted octanol–water partition coefficient (Wildman–Crippen LogP) is 1.16. The monoisotopic (exact) mass is 285 g/mol. The Morgan fingerprint density at radius 2 is 1.90 bits per heavy atom. The van der Waals surface area contributed by atoms with E-state index in [2.05, 4.69) is 16.0 Å². The second kappa shape index (κ2) is 7.47. The molecule has 0 aromatic heterocycles. The van der Waals surface area contributed by atoms with Crippen LogP contribution in [-0.4, -0.2) is 42.8 Å². The molecular weight excluding hydrogens is 258 g/mol. The van der Waals surface area contributed by atoms with E-state index < -0.39 is 11.7 Å². The molecule has 1 aliphatic carbocycles. The van der Waals surface area contributed by atoms with Crippen LogP contribution in [0, 0.1) is 0 Å². The molecule has 0 aromatic rings. The first-order valence-corrected chi connectivity index (χ1v) is 7.28. The van der Waals surface area contributed by atoms with Crippen molar-refractivity contribution in [3.63, 3.8) is 0 Å². The Morgan fingerprint density at radius 3 is 2.45 bits per heavy atom. The number of carbonyl (C=O) groups excluding carboxylic acids is 2. The van der Waals surface area contributed by atoms with E-state index in [1.165, 1.54) is 0 Å². The Kier molecular flexibility index (Phi) is 6.26. The van der Waals surface area contributed by atoms with E-state index in [4.69, 9.17) is 4.74 Å². The lowest BCUT2D eigenvalue weighted by Gasteiger charge is -2.19. The van der Waals surface area contributed by atoms with Gasteiger partial charge in [0.05, 0.1) is 6.04 Å². The zero-order valence-corrected chi connectivity index (χ0v) is 12.9. The highest BCUT2D eigenvalue weighted by Crippen LogP contribution is 2.18. The number of rotatable bonds is 7. The standard InChI is InChI=1S/C14H27N3O3/c1-10(12(18)17-11-6-7-11)15-8-5-9-16-13(19)20-14(2,3)4/h10-11,15H,5-9H2,1-4H3,(H,16,19)(H,17,18). The third-order valence-electron chi connectivity index (χ3n) is 2.79. The zero-order valence-electron chi connectivity index (χ0n) is 12.9. The first-order valence-electron chi connectivity index (χ1n) is 7.28. The first kappa shape index (κ1) is 16.8. The van der Waals surface area contributed by atoms with E-state index >= 15 is 0 Å². The molecule has 116 valence electrons. The highest BCUT2D eigenvalue weighted by atomic mass is 16.6. The van der Waals surface area contributed by atoms with Gasteiger partial charge in [-0.2, -0.15) is 0 Å². The van der Waals surface area contributed by atoms with Crippen molar-refractivity contribution >= 4 is 12.0 Å². The van der Waals surface area contributed by atoms with Crippen molar-refractivity contribution in [3.8, 4) is 0 Å². The molecule has 0 spiro atoms. The van der Waals surface area contributed by atoms with Gasteiger partial charge in [0.1, 0.15) is 5.60 Å². The maximum absolute atomic E-state index is 11.7. The molecule has 0 aliphatic heterocycles. The van der Waals surface area contributed by atoms with Crippen LogP contribution in [-0.2, 0) is 9.53 Å². The number of amides is 2. The highest BCUT2D eigenvalue weighted by Gasteiger charge is 2.25. The van der Waals surface area contributed by atoms with E-state index in [1.54, 1.807) is 0 Å². The van der Waals surface area contributed by atoms with Crippen LogP contribution in [0.3, 0.4) is 0 Å². The molecule has 1 fully saturated rings. The van der Waals surface area contributed by atoms with Gasteiger partial charge in [0.15, 0.2) is 0 Å². The van der Waals surface area contributed by atoms with Gasteiger partial charge in [0, 0.05) is 12.6 Å². The summed E-state index contributed by atoms with van der Waals surface area (Å²) >= 11 is 0. The molecule has 1 rings (SSSR count). The summed E-state index contributed by atoms with van der Waals surface area (Å²) in [6.07, 6.45) is 2.54. The van der Waals surface area contributed by atoms with Crippen LogP contribution in [0.5, 0.6) is 0 Å². The number of hydrogen-bond acceptors (Lipinski definition) is 4. The van der Waals surface area contributed by atoms with Crippen molar-refractivity contribution in [2.24, 2.45) is 0 Å². The Hall–Kier alpha value is -1.30. The van der Waals surface area contributed by atoms with E-state index in [0.717, 1.165) is 19.3 Å². The minimum atomic E-state index is -0.474. The lowest BCUT2D eigenvalue weighted by Crippen LogP contribution is -2.43. The van der Waals surface area contributed by atoms with E-state index in [1.807, 2.05) is 27.7 Å². The largest absolute Gasteiger partial charge is 0.444 e. The SMILES string of the molecule is CC(NCCCNC(=O)OC(C)(C)C)C(=O)NC1CC1. The maximum Gasteiger partial charge on any atom is 0.407 e. The number of ether oxygens (including phenoxy) is 1. The van der Waals surface area contributed by atoms with Crippen molar-refractivity contribution in [1.82, 2.24) is 16.0 Å². The molecule has 1 unspecified atom stereocenters. The Labute approximate surface area is 121 Å². The van der Waals surface area contributed by atoms with Crippen molar-refractivity contribution in [3.05, 3.63) is 0 Å². The fourth-order valence-corrected chi connectivity index (χ4v) is 1.56. The molecule has 0 heterocycles.